The first-order valence-corrected chi connectivity index (χ1v) is 11.6. The van der Waals surface area contributed by atoms with Crippen LogP contribution in [-0.4, -0.2) is 38.3 Å². The number of sulfonamides is 1. The lowest BCUT2D eigenvalue weighted by atomic mass is 9.96. The number of amides is 1. The molecule has 8 heteroatoms. The molecule has 1 heterocycles. The van der Waals surface area contributed by atoms with E-state index >= 15 is 0 Å². The van der Waals surface area contributed by atoms with Crippen LogP contribution in [0.3, 0.4) is 0 Å². The summed E-state index contributed by atoms with van der Waals surface area (Å²) in [5.41, 5.74) is 0.841. The Kier molecular flexibility index (Phi) is 7.20. The van der Waals surface area contributed by atoms with Crippen LogP contribution in [0.1, 0.15) is 32.6 Å². The van der Waals surface area contributed by atoms with Crippen molar-refractivity contribution < 1.29 is 22.0 Å². The van der Waals surface area contributed by atoms with Crippen molar-refractivity contribution in [3.8, 4) is 0 Å². The quantitative estimate of drug-likeness (QED) is 0.654. The highest BCUT2D eigenvalue weighted by Crippen LogP contribution is 2.27. The molecule has 2 aromatic carbocycles. The third kappa shape index (κ3) is 4.87. The van der Waals surface area contributed by atoms with Crippen molar-refractivity contribution in [2.24, 2.45) is 5.92 Å². The summed E-state index contributed by atoms with van der Waals surface area (Å²) >= 11 is 0. The predicted octanol–water partition coefficient (Wildman–Crippen LogP) is 4.20. The minimum absolute atomic E-state index is 0.000440. The number of hydrogen-bond donors (Lipinski definition) is 0. The molecule has 30 heavy (non-hydrogen) atoms. The van der Waals surface area contributed by atoms with Crippen molar-refractivity contribution in [2.45, 2.75) is 37.5 Å². The molecule has 5 nitrogen and oxygen atoms in total. The van der Waals surface area contributed by atoms with Crippen LogP contribution in [0.15, 0.2) is 53.4 Å². The van der Waals surface area contributed by atoms with Gasteiger partial charge >= 0.3 is 0 Å². The molecule has 0 unspecified atom stereocenters. The highest BCUT2D eigenvalue weighted by molar-refractivity contribution is 7.89. The van der Waals surface area contributed by atoms with Crippen LogP contribution in [0.4, 0.5) is 14.5 Å². The van der Waals surface area contributed by atoms with Crippen molar-refractivity contribution in [1.29, 1.82) is 0 Å². The molecule has 2 aromatic rings. The van der Waals surface area contributed by atoms with Crippen LogP contribution in [0.2, 0.25) is 0 Å². The summed E-state index contributed by atoms with van der Waals surface area (Å²) in [5, 5.41) is 0. The summed E-state index contributed by atoms with van der Waals surface area (Å²) in [6.07, 6.45) is 2.61. The van der Waals surface area contributed by atoms with Crippen LogP contribution >= 0.6 is 0 Å². The highest BCUT2D eigenvalue weighted by atomic mass is 32.2. The van der Waals surface area contributed by atoms with Gasteiger partial charge in [-0.25, -0.2) is 17.2 Å². The van der Waals surface area contributed by atoms with Crippen molar-refractivity contribution >= 4 is 21.6 Å². The molecule has 0 spiro atoms. The Morgan fingerprint density at radius 2 is 1.73 bits per heavy atom. The molecular formula is C22H26F2N2O3S. The van der Waals surface area contributed by atoms with Gasteiger partial charge in [-0.15, -0.1) is 0 Å². The van der Waals surface area contributed by atoms with Gasteiger partial charge in [-0.1, -0.05) is 31.5 Å². The molecule has 0 atom stereocenters. The van der Waals surface area contributed by atoms with E-state index in [1.807, 2.05) is 30.3 Å². The van der Waals surface area contributed by atoms with Gasteiger partial charge in [0, 0.05) is 31.2 Å². The summed E-state index contributed by atoms with van der Waals surface area (Å²) in [5.74, 6) is -2.57. The first kappa shape index (κ1) is 22.4. The zero-order valence-corrected chi connectivity index (χ0v) is 17.7. The SMILES string of the molecule is CCCCN(C(=O)C1CCN(S(=O)(=O)c2ccc(F)c(F)c2)CC1)c1ccccc1. The van der Waals surface area contributed by atoms with Crippen LogP contribution in [0, 0.1) is 17.6 Å². The number of para-hydroxylation sites is 1. The van der Waals surface area contributed by atoms with Crippen molar-refractivity contribution in [1.82, 2.24) is 4.31 Å². The van der Waals surface area contributed by atoms with E-state index in [9.17, 15) is 22.0 Å². The smallest absolute Gasteiger partial charge is 0.243 e. The van der Waals surface area contributed by atoms with Gasteiger partial charge in [0.25, 0.3) is 0 Å². The Morgan fingerprint density at radius 3 is 2.33 bits per heavy atom. The molecule has 1 aliphatic heterocycles. The second-order valence-electron chi connectivity index (χ2n) is 7.43. The van der Waals surface area contributed by atoms with E-state index in [1.54, 1.807) is 4.90 Å². The molecule has 0 saturated carbocycles. The summed E-state index contributed by atoms with van der Waals surface area (Å²) in [6, 6.07) is 12.0. The maximum atomic E-state index is 13.5. The molecular weight excluding hydrogens is 410 g/mol. The number of anilines is 1. The topological polar surface area (TPSA) is 57.7 Å². The maximum Gasteiger partial charge on any atom is 0.243 e. The number of hydrogen-bond acceptors (Lipinski definition) is 3. The minimum Gasteiger partial charge on any atom is -0.312 e. The fourth-order valence-corrected chi connectivity index (χ4v) is 5.12. The lowest BCUT2D eigenvalue weighted by Gasteiger charge is -2.33. The second kappa shape index (κ2) is 9.66. The van der Waals surface area contributed by atoms with E-state index in [0.29, 0.717) is 25.5 Å². The van der Waals surface area contributed by atoms with Crippen LogP contribution in [0.5, 0.6) is 0 Å². The zero-order valence-electron chi connectivity index (χ0n) is 16.9. The monoisotopic (exact) mass is 436 g/mol. The number of unbranched alkanes of at least 4 members (excludes halogenated alkanes) is 1. The van der Waals surface area contributed by atoms with Gasteiger partial charge in [-0.05, 0) is 49.6 Å². The molecule has 0 N–H and O–H groups in total. The minimum atomic E-state index is -3.94. The lowest BCUT2D eigenvalue weighted by Crippen LogP contribution is -2.44. The summed E-state index contributed by atoms with van der Waals surface area (Å²) in [6.45, 7) is 3.00. The zero-order chi connectivity index (χ0) is 21.7. The van der Waals surface area contributed by atoms with Crippen LogP contribution in [0.25, 0.3) is 0 Å². The fourth-order valence-electron chi connectivity index (χ4n) is 3.64. The Balaban J connectivity index is 1.70. The van der Waals surface area contributed by atoms with E-state index < -0.39 is 21.7 Å². The molecule has 0 bridgehead atoms. The first-order chi connectivity index (χ1) is 14.3. The summed E-state index contributed by atoms with van der Waals surface area (Å²) in [4.78, 5) is 14.7. The molecule has 162 valence electrons. The van der Waals surface area contributed by atoms with Crippen molar-refractivity contribution in [2.75, 3.05) is 24.5 Å². The van der Waals surface area contributed by atoms with Crippen molar-refractivity contribution in [3.05, 3.63) is 60.2 Å². The lowest BCUT2D eigenvalue weighted by molar-refractivity contribution is -0.123. The Bertz CT molecular complexity index is 975. The third-order valence-electron chi connectivity index (χ3n) is 5.40. The van der Waals surface area contributed by atoms with Gasteiger partial charge in [0.1, 0.15) is 0 Å². The number of piperidine rings is 1. The maximum absolute atomic E-state index is 13.5. The van der Waals surface area contributed by atoms with E-state index in [1.165, 1.54) is 4.31 Å². The second-order valence-corrected chi connectivity index (χ2v) is 9.37. The highest BCUT2D eigenvalue weighted by Gasteiger charge is 2.34. The average Bonchev–Trinajstić information content (AvgIpc) is 2.76. The van der Waals surface area contributed by atoms with E-state index in [-0.39, 0.29) is 29.8 Å². The molecule has 0 aliphatic carbocycles. The number of rotatable bonds is 7. The first-order valence-electron chi connectivity index (χ1n) is 10.2. The van der Waals surface area contributed by atoms with Gasteiger partial charge in [0.2, 0.25) is 15.9 Å². The Labute approximate surface area is 176 Å². The van der Waals surface area contributed by atoms with Gasteiger partial charge in [-0.3, -0.25) is 4.79 Å². The molecule has 0 radical (unpaired) electrons. The van der Waals surface area contributed by atoms with Crippen LogP contribution in [-0.2, 0) is 14.8 Å². The molecule has 0 aromatic heterocycles. The summed E-state index contributed by atoms with van der Waals surface area (Å²) in [7, 11) is -3.94. The molecule has 1 saturated heterocycles. The Hall–Kier alpha value is -2.32. The van der Waals surface area contributed by atoms with E-state index in [2.05, 4.69) is 6.92 Å². The number of carbonyl (C=O) groups excluding carboxylic acids is 1. The normalized spacial score (nSPS) is 15.8. The number of nitrogens with zero attached hydrogens (tertiary/aromatic N) is 2. The molecule has 1 aliphatic rings. The average molecular weight is 437 g/mol. The fraction of sp³-hybridized carbons (Fsp3) is 0.409. The standard InChI is InChI=1S/C22H26F2N2O3S/c1-2-3-13-26(18-7-5-4-6-8-18)22(27)17-11-14-25(15-12-17)30(28,29)19-9-10-20(23)21(24)16-19/h4-10,16-17H,2-3,11-15H2,1H3. The predicted molar refractivity (Wildman–Crippen MR) is 112 cm³/mol. The van der Waals surface area contributed by atoms with Gasteiger partial charge < -0.3 is 4.90 Å². The van der Waals surface area contributed by atoms with Crippen LogP contribution < -0.4 is 4.90 Å². The largest absolute Gasteiger partial charge is 0.312 e. The van der Waals surface area contributed by atoms with E-state index in [4.69, 9.17) is 0 Å². The molecule has 3 rings (SSSR count). The van der Waals surface area contributed by atoms with E-state index in [0.717, 1.165) is 30.7 Å². The number of halogens is 2. The molecule has 1 amide bonds. The van der Waals surface area contributed by atoms with Gasteiger partial charge in [-0.2, -0.15) is 4.31 Å². The van der Waals surface area contributed by atoms with Gasteiger partial charge in [0.05, 0.1) is 4.90 Å². The Morgan fingerprint density at radius 1 is 1.07 bits per heavy atom. The third-order valence-corrected chi connectivity index (χ3v) is 7.30. The molecule has 1 fully saturated rings. The summed E-state index contributed by atoms with van der Waals surface area (Å²) < 4.78 is 53.4. The van der Waals surface area contributed by atoms with Gasteiger partial charge in [0.15, 0.2) is 11.6 Å². The van der Waals surface area contributed by atoms with Crippen molar-refractivity contribution in [3.63, 3.8) is 0 Å². The number of carbonyl (C=O) groups is 1. The number of benzene rings is 2.